The van der Waals surface area contributed by atoms with Gasteiger partial charge in [-0.2, -0.15) is 13.2 Å². The first-order chi connectivity index (χ1) is 22.7. The molecule has 3 heterocycles. The van der Waals surface area contributed by atoms with Crippen LogP contribution in [0, 0.1) is 10.1 Å². The number of ether oxygens (including phenoxy) is 3. The summed E-state index contributed by atoms with van der Waals surface area (Å²) in [7, 11) is 0. The van der Waals surface area contributed by atoms with Gasteiger partial charge < -0.3 is 29.2 Å². The number of rotatable bonds is 12. The number of hydrogen-bond donors (Lipinski definition) is 0. The summed E-state index contributed by atoms with van der Waals surface area (Å²) in [5.74, 6) is 1.30. The first-order valence-electron chi connectivity index (χ1n) is 15.7. The number of benzene rings is 3. The average molecular weight is 652 g/mol. The summed E-state index contributed by atoms with van der Waals surface area (Å²) in [6.07, 6.45) is -1.10. The molecule has 4 aromatic rings. The number of aromatic nitrogens is 2. The van der Waals surface area contributed by atoms with Crippen LogP contribution in [-0.4, -0.2) is 64.9 Å². The molecule has 0 aliphatic carbocycles. The van der Waals surface area contributed by atoms with Crippen LogP contribution in [0.5, 0.6) is 17.5 Å². The average Bonchev–Trinajstić information content (AvgIpc) is 3.51. The largest absolute Gasteiger partial charge is 0.494 e. The molecule has 2 aliphatic heterocycles. The summed E-state index contributed by atoms with van der Waals surface area (Å²) >= 11 is 0. The quantitative estimate of drug-likeness (QED) is 0.0991. The van der Waals surface area contributed by atoms with Crippen LogP contribution < -0.4 is 19.1 Å². The van der Waals surface area contributed by atoms with Gasteiger partial charge in [0.1, 0.15) is 30.4 Å². The Kier molecular flexibility index (Phi) is 9.81. The van der Waals surface area contributed by atoms with Crippen LogP contribution in [0.25, 0.3) is 0 Å². The van der Waals surface area contributed by atoms with Crippen LogP contribution in [0.2, 0.25) is 0 Å². The molecule has 3 aromatic carbocycles. The topological polar surface area (TPSA) is 95.1 Å². The zero-order valence-electron chi connectivity index (χ0n) is 25.8. The van der Waals surface area contributed by atoms with Gasteiger partial charge in [-0.15, -0.1) is 0 Å². The Bertz CT molecular complexity index is 1620. The van der Waals surface area contributed by atoms with E-state index in [0.717, 1.165) is 67.6 Å². The molecule has 0 radical (unpaired) electrons. The van der Waals surface area contributed by atoms with Gasteiger partial charge in [-0.3, -0.25) is 9.47 Å². The van der Waals surface area contributed by atoms with Crippen LogP contribution >= 0.6 is 0 Å². The highest BCUT2D eigenvalue weighted by atomic mass is 19.4. The van der Waals surface area contributed by atoms with Crippen molar-refractivity contribution in [2.45, 2.75) is 44.6 Å². The van der Waals surface area contributed by atoms with Gasteiger partial charge in [0.15, 0.2) is 0 Å². The molecule has 10 nitrogen and oxygen atoms in total. The molecule has 248 valence electrons. The van der Waals surface area contributed by atoms with Gasteiger partial charge in [0.25, 0.3) is 0 Å². The van der Waals surface area contributed by atoms with Crippen LogP contribution in [0.15, 0.2) is 79.0 Å². The maximum absolute atomic E-state index is 12.7. The minimum atomic E-state index is -4.31. The highest BCUT2D eigenvalue weighted by molar-refractivity contribution is 5.49. The number of piperazine rings is 1. The predicted molar refractivity (Wildman–Crippen MR) is 169 cm³/mol. The summed E-state index contributed by atoms with van der Waals surface area (Å²) in [6, 6.07) is 21.7. The number of fused-ring (bicyclic) bond motifs is 1. The van der Waals surface area contributed by atoms with E-state index in [-0.39, 0.29) is 17.9 Å². The maximum atomic E-state index is 12.7. The Labute approximate surface area is 270 Å². The lowest BCUT2D eigenvalue weighted by Gasteiger charge is -2.36. The molecular formula is C34H36F3N5O5. The number of hydrogen-bond acceptors (Lipinski definition) is 8. The van der Waals surface area contributed by atoms with Crippen molar-refractivity contribution in [3.8, 4) is 17.5 Å². The van der Waals surface area contributed by atoms with Gasteiger partial charge in [-0.25, -0.2) is 0 Å². The van der Waals surface area contributed by atoms with Crippen molar-refractivity contribution >= 4 is 11.5 Å². The lowest BCUT2D eigenvalue weighted by molar-refractivity contribution is -0.389. The van der Waals surface area contributed by atoms with Gasteiger partial charge >= 0.3 is 18.0 Å². The molecular weight excluding hydrogens is 615 g/mol. The molecule has 1 fully saturated rings. The van der Waals surface area contributed by atoms with E-state index in [1.807, 2.05) is 24.3 Å². The summed E-state index contributed by atoms with van der Waals surface area (Å²) < 4.78 is 57.4. The van der Waals surface area contributed by atoms with Gasteiger partial charge in [0, 0.05) is 56.4 Å². The van der Waals surface area contributed by atoms with E-state index >= 15 is 0 Å². The Morgan fingerprint density at radius 3 is 2.21 bits per heavy atom. The summed E-state index contributed by atoms with van der Waals surface area (Å²) in [6.45, 7) is 5.97. The second kappa shape index (κ2) is 14.3. The Morgan fingerprint density at radius 2 is 1.53 bits per heavy atom. The van der Waals surface area contributed by atoms with E-state index in [1.165, 1.54) is 23.9 Å². The zero-order chi connectivity index (χ0) is 32.8. The molecule has 0 saturated carbocycles. The fourth-order valence-electron chi connectivity index (χ4n) is 5.72. The molecule has 2 aliphatic rings. The third-order valence-corrected chi connectivity index (χ3v) is 8.38. The minimum Gasteiger partial charge on any atom is -0.494 e. The molecule has 1 aromatic heterocycles. The van der Waals surface area contributed by atoms with E-state index in [2.05, 4.69) is 39.0 Å². The third-order valence-electron chi connectivity index (χ3n) is 8.38. The summed E-state index contributed by atoms with van der Waals surface area (Å²) in [4.78, 5) is 19.2. The normalized spacial score (nSPS) is 16.7. The molecule has 0 N–H and O–H groups in total. The van der Waals surface area contributed by atoms with E-state index in [0.29, 0.717) is 39.0 Å². The number of nitrogens with zero attached hydrogens (tertiary/aromatic N) is 5. The number of nitro groups is 1. The fourth-order valence-corrected chi connectivity index (χ4v) is 5.72. The molecule has 0 amide bonds. The first-order valence-corrected chi connectivity index (χ1v) is 15.7. The van der Waals surface area contributed by atoms with Gasteiger partial charge in [0.05, 0.1) is 12.2 Å². The van der Waals surface area contributed by atoms with E-state index < -0.39 is 16.7 Å². The molecule has 6 rings (SSSR count). The van der Waals surface area contributed by atoms with Crippen LogP contribution in [-0.2, 0) is 25.7 Å². The SMILES string of the molecule is O=[N+]([O-])c1cn2c(n1)OC(COc1ccc(N3CCN(Cc4ccc(OCCCc5ccc(C(F)(F)F)cc5)cc4)CC3)cc1)CC2. The van der Waals surface area contributed by atoms with Gasteiger partial charge in [-0.05, 0) is 77.4 Å². The fraction of sp³-hybridized carbons (Fsp3) is 0.382. The molecule has 1 unspecified atom stereocenters. The second-order valence-electron chi connectivity index (χ2n) is 11.7. The number of anilines is 1. The number of alkyl halides is 3. The van der Waals surface area contributed by atoms with Crippen molar-refractivity contribution in [2.75, 3.05) is 44.3 Å². The van der Waals surface area contributed by atoms with Crippen molar-refractivity contribution < 1.29 is 32.3 Å². The lowest BCUT2D eigenvalue weighted by Crippen LogP contribution is -2.45. The smallest absolute Gasteiger partial charge is 0.416 e. The molecule has 47 heavy (non-hydrogen) atoms. The highest BCUT2D eigenvalue weighted by Crippen LogP contribution is 2.29. The van der Waals surface area contributed by atoms with E-state index in [1.54, 1.807) is 4.57 Å². The standard InChI is InChI=1S/C34H36F3N5O5/c35-34(36,37)27-7-3-25(4-8-27)2-1-21-45-29-11-5-26(6-12-29)22-39-17-19-40(20-18-39)28-9-13-30(14-10-28)46-24-31-15-16-41-23-32(42(43)44)38-33(41)47-31/h3-14,23,31H,1-2,15-22,24H2. The zero-order valence-corrected chi connectivity index (χ0v) is 25.8. The predicted octanol–water partition coefficient (Wildman–Crippen LogP) is 6.37. The van der Waals surface area contributed by atoms with E-state index in [9.17, 15) is 23.3 Å². The third kappa shape index (κ3) is 8.53. The summed E-state index contributed by atoms with van der Waals surface area (Å²) in [5, 5.41) is 11.0. The monoisotopic (exact) mass is 651 g/mol. The highest BCUT2D eigenvalue weighted by Gasteiger charge is 2.30. The Balaban J connectivity index is 0.879. The van der Waals surface area contributed by atoms with Crippen molar-refractivity contribution in [1.29, 1.82) is 0 Å². The molecule has 13 heteroatoms. The molecule has 1 saturated heterocycles. The van der Waals surface area contributed by atoms with Gasteiger partial charge in [0.2, 0.25) is 0 Å². The van der Waals surface area contributed by atoms with E-state index in [4.69, 9.17) is 14.2 Å². The van der Waals surface area contributed by atoms with Crippen molar-refractivity contribution in [3.05, 3.63) is 106 Å². The van der Waals surface area contributed by atoms with Crippen LogP contribution in [0.4, 0.5) is 24.7 Å². The number of aryl methyl sites for hydroxylation is 2. The number of imidazole rings is 1. The van der Waals surface area contributed by atoms with Gasteiger partial charge in [-0.1, -0.05) is 24.3 Å². The first kappa shape index (κ1) is 32.2. The van der Waals surface area contributed by atoms with Crippen LogP contribution in [0.1, 0.15) is 29.5 Å². The molecule has 0 spiro atoms. The molecule has 0 bridgehead atoms. The lowest BCUT2D eigenvalue weighted by atomic mass is 10.1. The van der Waals surface area contributed by atoms with Crippen molar-refractivity contribution in [2.24, 2.45) is 0 Å². The maximum Gasteiger partial charge on any atom is 0.416 e. The summed E-state index contributed by atoms with van der Waals surface area (Å²) in [5.41, 5.74) is 2.58. The van der Waals surface area contributed by atoms with Crippen molar-refractivity contribution in [3.63, 3.8) is 0 Å². The van der Waals surface area contributed by atoms with Crippen LogP contribution in [0.3, 0.4) is 0 Å². The second-order valence-corrected chi connectivity index (χ2v) is 11.7. The number of halogens is 3. The Morgan fingerprint density at radius 1 is 0.872 bits per heavy atom. The minimum absolute atomic E-state index is 0.217. The van der Waals surface area contributed by atoms with Crippen molar-refractivity contribution in [1.82, 2.24) is 14.5 Å². The molecule has 1 atom stereocenters. The Hall–Kier alpha value is -4.78.